The Morgan fingerprint density at radius 3 is 2.80 bits per heavy atom. The zero-order chi connectivity index (χ0) is 14.9. The summed E-state index contributed by atoms with van der Waals surface area (Å²) < 4.78 is 30.6. The summed E-state index contributed by atoms with van der Waals surface area (Å²) in [6, 6.07) is 1.69. The molecule has 0 radical (unpaired) electrons. The lowest BCUT2D eigenvalue weighted by molar-refractivity contribution is 0.484. The molecule has 2 rings (SSSR count). The quantitative estimate of drug-likeness (QED) is 0.622. The highest BCUT2D eigenvalue weighted by atomic mass is 79.9. The van der Waals surface area contributed by atoms with E-state index in [1.807, 2.05) is 20.8 Å². The van der Waals surface area contributed by atoms with E-state index in [-0.39, 0.29) is 0 Å². The molecule has 0 aliphatic carbocycles. The standard InChI is InChI=1S/C13H15BrFN3OS/c1-13(2,3)20(19)16-6-10-8-18-7-9(5-15)4-11(14)12(18)17-10/h4,6-8H,5H2,1-3H3. The number of nitrogens with zero attached hydrogens (tertiary/aromatic N) is 3. The zero-order valence-corrected chi connectivity index (χ0v) is 13.8. The maximum absolute atomic E-state index is 12.7. The van der Waals surface area contributed by atoms with Crippen LogP contribution in [-0.4, -0.2) is 24.9 Å². The van der Waals surface area contributed by atoms with E-state index in [4.69, 9.17) is 0 Å². The number of alkyl halides is 1. The van der Waals surface area contributed by atoms with Crippen LogP contribution in [0, 0.1) is 0 Å². The molecule has 4 nitrogen and oxygen atoms in total. The van der Waals surface area contributed by atoms with E-state index in [9.17, 15) is 8.94 Å². The Morgan fingerprint density at radius 2 is 2.20 bits per heavy atom. The first-order valence-corrected chi connectivity index (χ1v) is 7.90. The van der Waals surface area contributed by atoms with E-state index < -0.39 is 22.8 Å². The van der Waals surface area contributed by atoms with Crippen LogP contribution in [-0.2, 0) is 18.0 Å². The molecule has 0 bridgehead atoms. The maximum atomic E-state index is 12.7. The van der Waals surface area contributed by atoms with Crippen molar-refractivity contribution in [1.82, 2.24) is 9.38 Å². The summed E-state index contributed by atoms with van der Waals surface area (Å²) in [7, 11) is 0. The van der Waals surface area contributed by atoms with Crippen LogP contribution in [0.5, 0.6) is 0 Å². The van der Waals surface area contributed by atoms with Crippen molar-refractivity contribution in [1.29, 1.82) is 0 Å². The maximum Gasteiger partial charge on any atom is 0.151 e. The molecule has 108 valence electrons. The highest BCUT2D eigenvalue weighted by molar-refractivity contribution is 9.10. The van der Waals surface area contributed by atoms with Gasteiger partial charge in [0.05, 0.1) is 4.47 Å². The summed E-state index contributed by atoms with van der Waals surface area (Å²) in [5.74, 6) is 0. The second kappa shape index (κ2) is 5.83. The molecule has 0 aliphatic rings. The lowest BCUT2D eigenvalue weighted by Gasteiger charge is -2.17. The van der Waals surface area contributed by atoms with Gasteiger partial charge >= 0.3 is 0 Å². The number of pyridine rings is 1. The average Bonchev–Trinajstić information content (AvgIpc) is 2.78. The normalized spacial score (nSPS) is 14.3. The molecule has 0 saturated carbocycles. The van der Waals surface area contributed by atoms with Gasteiger partial charge in [-0.25, -0.2) is 9.37 Å². The summed E-state index contributed by atoms with van der Waals surface area (Å²) in [6.45, 7) is 5.03. The smallest absolute Gasteiger partial charge is 0.151 e. The van der Waals surface area contributed by atoms with Crippen molar-refractivity contribution in [2.24, 2.45) is 4.40 Å². The Morgan fingerprint density at radius 1 is 1.50 bits per heavy atom. The fraction of sp³-hybridized carbons (Fsp3) is 0.385. The van der Waals surface area contributed by atoms with E-state index in [1.54, 1.807) is 22.9 Å². The Balaban J connectivity index is 2.33. The van der Waals surface area contributed by atoms with Crippen LogP contribution >= 0.6 is 15.9 Å². The number of rotatable bonds is 3. The third-order valence-corrected chi connectivity index (χ3v) is 4.47. The summed E-state index contributed by atoms with van der Waals surface area (Å²) in [6.07, 6.45) is 4.88. The van der Waals surface area contributed by atoms with Gasteiger partial charge < -0.3 is 8.95 Å². The molecule has 0 aromatic carbocycles. The van der Waals surface area contributed by atoms with Gasteiger partial charge in [0.25, 0.3) is 0 Å². The molecule has 0 amide bonds. The van der Waals surface area contributed by atoms with E-state index in [0.717, 1.165) is 0 Å². The fourth-order valence-corrected chi connectivity index (χ4v) is 2.63. The van der Waals surface area contributed by atoms with Crippen LogP contribution in [0.25, 0.3) is 5.65 Å². The Hall–Kier alpha value is -0.920. The monoisotopic (exact) mass is 359 g/mol. The van der Waals surface area contributed by atoms with Crippen LogP contribution in [0.1, 0.15) is 32.0 Å². The molecular weight excluding hydrogens is 345 g/mol. The molecule has 0 spiro atoms. The molecule has 0 saturated heterocycles. The van der Waals surface area contributed by atoms with Crippen LogP contribution in [0.2, 0.25) is 0 Å². The summed E-state index contributed by atoms with van der Waals surface area (Å²) in [5.41, 5.74) is 1.81. The molecule has 0 fully saturated rings. The SMILES string of the molecule is CC(C)(C)[S+]([O-])N=Cc1cn2cc(CF)cc(Br)c2n1. The van der Waals surface area contributed by atoms with Crippen LogP contribution < -0.4 is 0 Å². The van der Waals surface area contributed by atoms with Crippen LogP contribution in [0.4, 0.5) is 4.39 Å². The first kappa shape index (κ1) is 15.5. The van der Waals surface area contributed by atoms with Gasteiger partial charge in [-0.1, -0.05) is 4.40 Å². The molecule has 2 aromatic rings. The van der Waals surface area contributed by atoms with Gasteiger partial charge in [0, 0.05) is 18.0 Å². The lowest BCUT2D eigenvalue weighted by atomic mass is 10.3. The molecule has 1 unspecified atom stereocenters. The lowest BCUT2D eigenvalue weighted by Crippen LogP contribution is -2.25. The largest absolute Gasteiger partial charge is 0.591 e. The van der Waals surface area contributed by atoms with Crippen molar-refractivity contribution in [3.05, 3.63) is 34.2 Å². The highest BCUT2D eigenvalue weighted by Crippen LogP contribution is 2.21. The minimum atomic E-state index is -1.32. The predicted molar refractivity (Wildman–Crippen MR) is 83.2 cm³/mol. The Kier molecular flexibility index (Phi) is 4.51. The van der Waals surface area contributed by atoms with Gasteiger partial charge in [0.1, 0.15) is 34.7 Å². The minimum Gasteiger partial charge on any atom is -0.591 e. The first-order chi connectivity index (χ1) is 9.31. The number of fused-ring (bicyclic) bond motifs is 1. The van der Waals surface area contributed by atoms with Crippen molar-refractivity contribution in [2.75, 3.05) is 0 Å². The van der Waals surface area contributed by atoms with E-state index in [2.05, 4.69) is 25.3 Å². The van der Waals surface area contributed by atoms with Gasteiger partial charge in [-0.2, -0.15) is 0 Å². The highest BCUT2D eigenvalue weighted by Gasteiger charge is 2.25. The molecule has 20 heavy (non-hydrogen) atoms. The molecule has 0 N–H and O–H groups in total. The van der Waals surface area contributed by atoms with E-state index in [0.29, 0.717) is 21.4 Å². The van der Waals surface area contributed by atoms with Crippen molar-refractivity contribution in [2.45, 2.75) is 32.2 Å². The van der Waals surface area contributed by atoms with Crippen LogP contribution in [0.15, 0.2) is 27.3 Å². The molecule has 2 aromatic heterocycles. The van der Waals surface area contributed by atoms with Gasteiger partial charge in [-0.05, 0) is 42.8 Å². The Labute approximate surface area is 128 Å². The number of hydrogen-bond acceptors (Lipinski definition) is 3. The second-order valence-electron chi connectivity index (χ2n) is 5.32. The van der Waals surface area contributed by atoms with Crippen LogP contribution in [0.3, 0.4) is 0 Å². The summed E-state index contributed by atoms with van der Waals surface area (Å²) >= 11 is 2.04. The number of hydrogen-bond donors (Lipinski definition) is 0. The first-order valence-electron chi connectivity index (χ1n) is 6.00. The third kappa shape index (κ3) is 3.39. The zero-order valence-electron chi connectivity index (χ0n) is 11.4. The summed E-state index contributed by atoms with van der Waals surface area (Å²) in [4.78, 5) is 4.35. The molecule has 7 heteroatoms. The fourth-order valence-electron chi connectivity index (χ4n) is 1.53. The van der Waals surface area contributed by atoms with E-state index in [1.165, 1.54) is 6.21 Å². The Bertz CT molecular complexity index is 651. The van der Waals surface area contributed by atoms with Gasteiger partial charge in [-0.15, -0.1) is 0 Å². The van der Waals surface area contributed by atoms with Gasteiger partial charge in [0.2, 0.25) is 0 Å². The van der Waals surface area contributed by atoms with Gasteiger partial charge in [0.15, 0.2) is 5.65 Å². The minimum absolute atomic E-state index is 0.405. The van der Waals surface area contributed by atoms with Gasteiger partial charge in [-0.3, -0.25) is 0 Å². The second-order valence-corrected chi connectivity index (χ2v) is 8.11. The van der Waals surface area contributed by atoms with E-state index >= 15 is 0 Å². The molecular formula is C13H15BrFN3OS. The average molecular weight is 360 g/mol. The van der Waals surface area contributed by atoms with Crippen molar-refractivity contribution >= 4 is 39.2 Å². The number of imidazole rings is 1. The number of halogens is 2. The molecule has 0 aliphatic heterocycles. The third-order valence-electron chi connectivity index (χ3n) is 2.54. The predicted octanol–water partition coefficient (Wildman–Crippen LogP) is 3.45. The number of aromatic nitrogens is 2. The summed E-state index contributed by atoms with van der Waals surface area (Å²) in [5, 5.41) is 0. The molecule has 2 heterocycles. The van der Waals surface area contributed by atoms with Crippen molar-refractivity contribution in [3.63, 3.8) is 0 Å². The topological polar surface area (TPSA) is 52.7 Å². The van der Waals surface area contributed by atoms with Crippen molar-refractivity contribution < 1.29 is 8.94 Å². The van der Waals surface area contributed by atoms with Crippen molar-refractivity contribution in [3.8, 4) is 0 Å². The molecule has 1 atom stereocenters.